The molecule has 1 N–H and O–H groups in total. The number of imide groups is 1. The molecule has 0 radical (unpaired) electrons. The fourth-order valence-corrected chi connectivity index (χ4v) is 4.20. The lowest BCUT2D eigenvalue weighted by molar-refractivity contribution is -0.131. The predicted molar refractivity (Wildman–Crippen MR) is 106 cm³/mol. The van der Waals surface area contributed by atoms with Gasteiger partial charge in [-0.15, -0.1) is 0 Å². The van der Waals surface area contributed by atoms with E-state index in [-0.39, 0.29) is 18.2 Å². The third-order valence-corrected chi connectivity index (χ3v) is 6.14. The van der Waals surface area contributed by atoms with Crippen molar-refractivity contribution in [2.45, 2.75) is 44.6 Å². The van der Waals surface area contributed by atoms with Crippen molar-refractivity contribution in [3.05, 3.63) is 70.8 Å². The van der Waals surface area contributed by atoms with E-state index in [0.29, 0.717) is 17.9 Å². The van der Waals surface area contributed by atoms with Crippen LogP contribution in [0.1, 0.15) is 59.7 Å². The van der Waals surface area contributed by atoms with Crippen molar-refractivity contribution < 1.29 is 14.4 Å². The number of aryl methyl sites for hydroxylation is 1. The lowest BCUT2D eigenvalue weighted by Crippen LogP contribution is -2.42. The van der Waals surface area contributed by atoms with Gasteiger partial charge in [0, 0.05) is 5.56 Å². The molecule has 144 valence electrons. The Labute approximate surface area is 164 Å². The van der Waals surface area contributed by atoms with Gasteiger partial charge < -0.3 is 5.32 Å². The topological polar surface area (TPSA) is 66.5 Å². The van der Waals surface area contributed by atoms with Gasteiger partial charge in [0.15, 0.2) is 5.78 Å². The number of urea groups is 1. The summed E-state index contributed by atoms with van der Waals surface area (Å²) in [6.45, 7) is 4.03. The van der Waals surface area contributed by atoms with Crippen LogP contribution < -0.4 is 5.32 Å². The van der Waals surface area contributed by atoms with Crippen LogP contribution in [0.4, 0.5) is 4.79 Å². The number of carbonyl (C=O) groups excluding carboxylic acids is 3. The first-order valence-corrected chi connectivity index (χ1v) is 9.82. The second-order valence-corrected chi connectivity index (χ2v) is 7.74. The maximum Gasteiger partial charge on any atom is 0.325 e. The summed E-state index contributed by atoms with van der Waals surface area (Å²) in [5, 5.41) is 2.86. The number of nitrogens with zero attached hydrogens (tertiary/aromatic N) is 1. The second kappa shape index (κ2) is 6.89. The molecule has 1 saturated heterocycles. The van der Waals surface area contributed by atoms with Crippen LogP contribution in [-0.2, 0) is 16.8 Å². The van der Waals surface area contributed by atoms with Crippen molar-refractivity contribution in [1.29, 1.82) is 0 Å². The molecule has 5 nitrogen and oxygen atoms in total. The van der Waals surface area contributed by atoms with Gasteiger partial charge >= 0.3 is 6.03 Å². The van der Waals surface area contributed by atoms with Crippen molar-refractivity contribution >= 4 is 17.7 Å². The molecule has 0 aromatic heterocycles. The van der Waals surface area contributed by atoms with Crippen LogP contribution in [0.2, 0.25) is 0 Å². The lowest BCUT2D eigenvalue weighted by atomic mass is 9.92. The molecule has 2 aromatic rings. The number of rotatable bonds is 5. The zero-order chi connectivity index (χ0) is 19.9. The van der Waals surface area contributed by atoms with Crippen molar-refractivity contribution in [2.75, 3.05) is 6.54 Å². The van der Waals surface area contributed by atoms with E-state index in [1.807, 2.05) is 36.4 Å². The molecule has 0 saturated carbocycles. The smallest absolute Gasteiger partial charge is 0.319 e. The normalized spacial score (nSPS) is 21.7. The molecule has 1 aliphatic heterocycles. The van der Waals surface area contributed by atoms with Crippen molar-refractivity contribution in [2.24, 2.45) is 0 Å². The fraction of sp³-hybridized carbons (Fsp3) is 0.348. The zero-order valence-electron chi connectivity index (χ0n) is 16.2. The van der Waals surface area contributed by atoms with Gasteiger partial charge in [-0.05, 0) is 41.9 Å². The monoisotopic (exact) mass is 376 g/mol. The molecule has 0 bridgehead atoms. The van der Waals surface area contributed by atoms with Crippen LogP contribution in [0.25, 0.3) is 0 Å². The Morgan fingerprint density at radius 1 is 1.14 bits per heavy atom. The molecule has 2 atom stereocenters. The number of carbonyl (C=O) groups is 3. The second-order valence-electron chi connectivity index (χ2n) is 7.74. The summed E-state index contributed by atoms with van der Waals surface area (Å²) < 4.78 is 0. The highest BCUT2D eigenvalue weighted by Crippen LogP contribution is 2.41. The van der Waals surface area contributed by atoms with E-state index in [1.54, 1.807) is 12.1 Å². The summed E-state index contributed by atoms with van der Waals surface area (Å²) in [4.78, 5) is 39.5. The molecule has 1 aliphatic carbocycles. The van der Waals surface area contributed by atoms with Crippen molar-refractivity contribution in [3.8, 4) is 0 Å². The average molecular weight is 376 g/mol. The molecule has 0 unspecified atom stereocenters. The summed E-state index contributed by atoms with van der Waals surface area (Å²) in [5.74, 6) is -0.132. The standard InChI is InChI=1S/C23H24N2O3/c1-3-15(2)16-8-10-18(11-9-16)20(26)14-25-21(27)23(24-22(25)28)13-12-17-6-4-5-7-19(17)23/h4-11,15H,3,12-14H2,1-2H3,(H,24,28)/t15-,23+/m1/s1. The van der Waals surface area contributed by atoms with Gasteiger partial charge in [-0.3, -0.25) is 14.5 Å². The summed E-state index contributed by atoms with van der Waals surface area (Å²) in [6, 6.07) is 14.6. The minimum absolute atomic E-state index is 0.234. The molecular formula is C23H24N2O3. The van der Waals surface area contributed by atoms with E-state index in [0.717, 1.165) is 28.9 Å². The average Bonchev–Trinajstić information content (AvgIpc) is 3.21. The van der Waals surface area contributed by atoms with Gasteiger partial charge in [-0.1, -0.05) is 62.4 Å². The Bertz CT molecular complexity index is 951. The van der Waals surface area contributed by atoms with E-state index in [1.165, 1.54) is 5.56 Å². The number of benzene rings is 2. The summed E-state index contributed by atoms with van der Waals surface area (Å²) in [7, 11) is 0. The summed E-state index contributed by atoms with van der Waals surface area (Å²) in [5.41, 5.74) is 2.59. The Balaban J connectivity index is 1.54. The van der Waals surface area contributed by atoms with E-state index in [4.69, 9.17) is 0 Å². The third kappa shape index (κ3) is 2.82. The van der Waals surface area contributed by atoms with Gasteiger partial charge in [0.2, 0.25) is 0 Å². The van der Waals surface area contributed by atoms with Gasteiger partial charge in [0.05, 0.1) is 6.54 Å². The van der Waals surface area contributed by atoms with Crippen LogP contribution in [0, 0.1) is 0 Å². The molecule has 2 aromatic carbocycles. The van der Waals surface area contributed by atoms with E-state index in [2.05, 4.69) is 19.2 Å². The molecule has 2 aliphatic rings. The first-order chi connectivity index (χ1) is 13.5. The summed E-state index contributed by atoms with van der Waals surface area (Å²) >= 11 is 0. The quantitative estimate of drug-likeness (QED) is 0.638. The number of fused-ring (bicyclic) bond motifs is 2. The Morgan fingerprint density at radius 3 is 2.57 bits per heavy atom. The SMILES string of the molecule is CC[C@@H](C)c1ccc(C(=O)CN2C(=O)N[C@]3(CCc4ccccc43)C2=O)cc1. The number of amides is 3. The maximum absolute atomic E-state index is 13.1. The summed E-state index contributed by atoms with van der Waals surface area (Å²) in [6.07, 6.45) is 2.30. The molecule has 28 heavy (non-hydrogen) atoms. The predicted octanol–water partition coefficient (Wildman–Crippen LogP) is 3.78. The number of ketones is 1. The lowest BCUT2D eigenvalue weighted by Gasteiger charge is -2.22. The minimum Gasteiger partial charge on any atom is -0.319 e. The van der Waals surface area contributed by atoms with Crippen LogP contribution >= 0.6 is 0 Å². The van der Waals surface area contributed by atoms with Gasteiger partial charge in [0.25, 0.3) is 5.91 Å². The number of Topliss-reactive ketones (excluding diaryl/α,β-unsaturated/α-hetero) is 1. The van der Waals surface area contributed by atoms with Crippen LogP contribution in [0.3, 0.4) is 0 Å². The van der Waals surface area contributed by atoms with E-state index in [9.17, 15) is 14.4 Å². The first kappa shape index (κ1) is 18.4. The van der Waals surface area contributed by atoms with Gasteiger partial charge in [-0.2, -0.15) is 0 Å². The molecule has 5 heteroatoms. The fourth-order valence-electron chi connectivity index (χ4n) is 4.20. The number of hydrogen-bond donors (Lipinski definition) is 1. The molecule has 1 fully saturated rings. The molecule has 1 spiro atoms. The van der Waals surface area contributed by atoms with Crippen LogP contribution in [0.15, 0.2) is 48.5 Å². The minimum atomic E-state index is -1.02. The molecule has 1 heterocycles. The van der Waals surface area contributed by atoms with Gasteiger partial charge in [0.1, 0.15) is 5.54 Å². The highest BCUT2D eigenvalue weighted by atomic mass is 16.2. The Morgan fingerprint density at radius 2 is 1.86 bits per heavy atom. The van der Waals surface area contributed by atoms with Crippen LogP contribution in [0.5, 0.6) is 0 Å². The van der Waals surface area contributed by atoms with Crippen molar-refractivity contribution in [3.63, 3.8) is 0 Å². The zero-order valence-corrected chi connectivity index (χ0v) is 16.2. The van der Waals surface area contributed by atoms with Gasteiger partial charge in [-0.25, -0.2) is 4.79 Å². The molecular weight excluding hydrogens is 352 g/mol. The highest BCUT2D eigenvalue weighted by Gasteiger charge is 2.55. The molecule has 3 amide bonds. The van der Waals surface area contributed by atoms with Crippen LogP contribution in [-0.4, -0.2) is 29.2 Å². The van der Waals surface area contributed by atoms with E-state index < -0.39 is 11.6 Å². The highest BCUT2D eigenvalue weighted by molar-refractivity contribution is 6.11. The number of hydrogen-bond acceptors (Lipinski definition) is 3. The van der Waals surface area contributed by atoms with Crippen molar-refractivity contribution in [1.82, 2.24) is 10.2 Å². The largest absolute Gasteiger partial charge is 0.325 e. The maximum atomic E-state index is 13.1. The third-order valence-electron chi connectivity index (χ3n) is 6.14. The first-order valence-electron chi connectivity index (χ1n) is 9.82. The Kier molecular flexibility index (Phi) is 4.53. The van der Waals surface area contributed by atoms with E-state index >= 15 is 0 Å². The Hall–Kier alpha value is -2.95. The molecule has 4 rings (SSSR count). The number of nitrogens with one attached hydrogen (secondary N) is 1.